The fraction of sp³-hybridized carbons (Fsp3) is 0.273. The lowest BCUT2D eigenvalue weighted by Gasteiger charge is -2.15. The first-order chi connectivity index (χ1) is 14.3. The van der Waals surface area contributed by atoms with E-state index in [1.165, 1.54) is 11.8 Å². The Bertz CT molecular complexity index is 1380. The third-order valence-corrected chi connectivity index (χ3v) is 6.22. The summed E-state index contributed by atoms with van der Waals surface area (Å²) in [6, 6.07) is 10.8. The van der Waals surface area contributed by atoms with Crippen molar-refractivity contribution in [2.45, 2.75) is 38.2 Å². The first-order valence-corrected chi connectivity index (χ1v) is 11.4. The molecule has 0 amide bonds. The minimum absolute atomic E-state index is 0.0557. The monoisotopic (exact) mass is 484 g/mol. The fourth-order valence-corrected chi connectivity index (χ4v) is 4.59. The Morgan fingerprint density at radius 1 is 1.13 bits per heavy atom. The topological polar surface area (TPSA) is 69.3 Å². The third-order valence-electron chi connectivity index (χ3n) is 4.72. The van der Waals surface area contributed by atoms with Crippen molar-refractivity contribution in [2.24, 2.45) is 5.92 Å². The highest BCUT2D eigenvalue weighted by atomic mass is 79.9. The highest BCUT2D eigenvalue weighted by molar-refractivity contribution is 9.10. The molecule has 0 N–H and O–H groups in total. The molecular formula is C22H21BrN4O2S. The van der Waals surface area contributed by atoms with Crippen molar-refractivity contribution in [3.8, 4) is 0 Å². The molecule has 1 aromatic carbocycles. The summed E-state index contributed by atoms with van der Waals surface area (Å²) in [6.07, 6.45) is 1.72. The summed E-state index contributed by atoms with van der Waals surface area (Å²) in [5, 5.41) is 1.22. The van der Waals surface area contributed by atoms with Gasteiger partial charge < -0.3 is 0 Å². The van der Waals surface area contributed by atoms with Gasteiger partial charge in [-0.05, 0) is 42.7 Å². The zero-order chi connectivity index (χ0) is 21.4. The molecule has 154 valence electrons. The number of aryl methyl sites for hydroxylation is 1. The Morgan fingerprint density at radius 2 is 1.93 bits per heavy atom. The quantitative estimate of drug-likeness (QED) is 0.309. The van der Waals surface area contributed by atoms with E-state index in [2.05, 4.69) is 34.8 Å². The summed E-state index contributed by atoms with van der Waals surface area (Å²) in [4.78, 5) is 35.0. The molecule has 8 heteroatoms. The maximum Gasteiger partial charge on any atom is 0.262 e. The van der Waals surface area contributed by atoms with Crippen molar-refractivity contribution >= 4 is 44.2 Å². The lowest BCUT2D eigenvalue weighted by atomic mass is 10.2. The smallest absolute Gasteiger partial charge is 0.262 e. The van der Waals surface area contributed by atoms with Gasteiger partial charge >= 0.3 is 0 Å². The largest absolute Gasteiger partial charge is 0.287 e. The summed E-state index contributed by atoms with van der Waals surface area (Å²) >= 11 is 4.86. The Labute approximate surface area is 186 Å². The Balaban J connectivity index is 1.76. The van der Waals surface area contributed by atoms with E-state index < -0.39 is 0 Å². The van der Waals surface area contributed by atoms with Gasteiger partial charge in [-0.25, -0.2) is 9.97 Å². The van der Waals surface area contributed by atoms with Gasteiger partial charge in [0.1, 0.15) is 5.65 Å². The number of fused-ring (bicyclic) bond motifs is 2. The Hall–Kier alpha value is -2.45. The predicted octanol–water partition coefficient (Wildman–Crippen LogP) is 4.42. The molecule has 0 aliphatic carbocycles. The molecule has 4 aromatic rings. The third kappa shape index (κ3) is 4.06. The van der Waals surface area contributed by atoms with E-state index in [1.807, 2.05) is 37.3 Å². The van der Waals surface area contributed by atoms with Gasteiger partial charge in [-0.15, -0.1) is 0 Å². The van der Waals surface area contributed by atoms with Gasteiger partial charge in [0.25, 0.3) is 11.1 Å². The van der Waals surface area contributed by atoms with Gasteiger partial charge in [-0.3, -0.25) is 18.6 Å². The number of hydrogen-bond donors (Lipinski definition) is 0. The van der Waals surface area contributed by atoms with Crippen LogP contribution in [0.5, 0.6) is 0 Å². The first kappa shape index (κ1) is 20.8. The summed E-state index contributed by atoms with van der Waals surface area (Å²) in [6.45, 7) is 6.65. The number of rotatable bonds is 5. The molecule has 0 aliphatic heterocycles. The van der Waals surface area contributed by atoms with E-state index >= 15 is 0 Å². The standard InChI is InChI=1S/C22H21BrN4O2S/c1-13(2)11-27-21(29)17-9-15(23)6-7-18(17)25-22(27)30-12-16-10-19(28)26-8-4-5-14(3)20(26)24-16/h4-10,13H,11-12H2,1-3H3. The van der Waals surface area contributed by atoms with Crippen molar-refractivity contribution < 1.29 is 0 Å². The molecule has 3 aromatic heterocycles. The van der Waals surface area contributed by atoms with Crippen LogP contribution in [0.25, 0.3) is 16.6 Å². The average Bonchev–Trinajstić information content (AvgIpc) is 2.70. The van der Waals surface area contributed by atoms with Crippen LogP contribution >= 0.6 is 27.7 Å². The number of pyridine rings is 1. The van der Waals surface area contributed by atoms with Crippen LogP contribution in [0.4, 0.5) is 0 Å². The lowest BCUT2D eigenvalue weighted by Crippen LogP contribution is -2.25. The van der Waals surface area contributed by atoms with Gasteiger partial charge in [0.05, 0.1) is 16.6 Å². The zero-order valence-corrected chi connectivity index (χ0v) is 19.3. The van der Waals surface area contributed by atoms with Crippen LogP contribution in [0.2, 0.25) is 0 Å². The molecule has 0 aliphatic rings. The number of halogens is 1. The molecule has 0 saturated carbocycles. The van der Waals surface area contributed by atoms with Gasteiger partial charge in [0.15, 0.2) is 5.16 Å². The van der Waals surface area contributed by atoms with Crippen LogP contribution in [-0.2, 0) is 12.3 Å². The molecule has 0 saturated heterocycles. The normalized spacial score (nSPS) is 11.6. The van der Waals surface area contributed by atoms with Crippen molar-refractivity contribution in [3.05, 3.63) is 79.0 Å². The molecule has 0 atom stereocenters. The number of hydrogen-bond acceptors (Lipinski definition) is 5. The van der Waals surface area contributed by atoms with Crippen LogP contribution in [0.3, 0.4) is 0 Å². The second-order valence-corrected chi connectivity index (χ2v) is 9.48. The van der Waals surface area contributed by atoms with E-state index in [0.29, 0.717) is 45.6 Å². The number of thioether (sulfide) groups is 1. The lowest BCUT2D eigenvalue weighted by molar-refractivity contribution is 0.475. The molecule has 6 nitrogen and oxygen atoms in total. The summed E-state index contributed by atoms with van der Waals surface area (Å²) in [5.41, 5.74) is 2.74. The Morgan fingerprint density at radius 3 is 2.70 bits per heavy atom. The summed E-state index contributed by atoms with van der Waals surface area (Å²) in [5.74, 6) is 0.742. The minimum Gasteiger partial charge on any atom is -0.287 e. The van der Waals surface area contributed by atoms with Gasteiger partial charge in [0.2, 0.25) is 0 Å². The molecule has 0 unspecified atom stereocenters. The van der Waals surface area contributed by atoms with E-state index in [1.54, 1.807) is 21.2 Å². The number of benzene rings is 1. The number of nitrogens with zero attached hydrogens (tertiary/aromatic N) is 4. The maximum atomic E-state index is 13.1. The van der Waals surface area contributed by atoms with Gasteiger partial charge in [-0.1, -0.05) is 47.6 Å². The first-order valence-electron chi connectivity index (χ1n) is 9.64. The van der Waals surface area contributed by atoms with Gasteiger partial charge in [0, 0.05) is 29.0 Å². The molecule has 3 heterocycles. The van der Waals surface area contributed by atoms with E-state index in [4.69, 9.17) is 4.98 Å². The summed E-state index contributed by atoms with van der Waals surface area (Å²) < 4.78 is 4.12. The Kier molecular flexibility index (Phi) is 5.79. The molecule has 0 bridgehead atoms. The van der Waals surface area contributed by atoms with E-state index in [0.717, 1.165) is 10.0 Å². The molecule has 0 spiro atoms. The highest BCUT2D eigenvalue weighted by Crippen LogP contribution is 2.24. The van der Waals surface area contributed by atoms with Crippen LogP contribution in [0.15, 0.2) is 61.8 Å². The van der Waals surface area contributed by atoms with Crippen LogP contribution < -0.4 is 11.1 Å². The molecule has 0 fully saturated rings. The number of aromatic nitrogens is 4. The van der Waals surface area contributed by atoms with Gasteiger partial charge in [-0.2, -0.15) is 0 Å². The maximum absolute atomic E-state index is 13.1. The predicted molar refractivity (Wildman–Crippen MR) is 124 cm³/mol. The van der Waals surface area contributed by atoms with Crippen molar-refractivity contribution in [3.63, 3.8) is 0 Å². The molecule has 30 heavy (non-hydrogen) atoms. The van der Waals surface area contributed by atoms with E-state index in [-0.39, 0.29) is 11.1 Å². The van der Waals surface area contributed by atoms with E-state index in [9.17, 15) is 9.59 Å². The molecular weight excluding hydrogens is 464 g/mol. The SMILES string of the molecule is Cc1cccn2c(=O)cc(CSc3nc4ccc(Br)cc4c(=O)n3CC(C)C)nc12. The zero-order valence-electron chi connectivity index (χ0n) is 16.9. The van der Waals surface area contributed by atoms with Crippen molar-refractivity contribution in [1.29, 1.82) is 0 Å². The summed E-state index contributed by atoms with van der Waals surface area (Å²) in [7, 11) is 0. The fourth-order valence-electron chi connectivity index (χ4n) is 3.33. The van der Waals surface area contributed by atoms with Crippen molar-refractivity contribution in [1.82, 2.24) is 18.9 Å². The molecule has 4 rings (SSSR count). The second kappa shape index (κ2) is 8.35. The average molecular weight is 485 g/mol. The van der Waals surface area contributed by atoms with Crippen LogP contribution in [-0.4, -0.2) is 18.9 Å². The minimum atomic E-state index is -0.116. The highest BCUT2D eigenvalue weighted by Gasteiger charge is 2.14. The van der Waals surface area contributed by atoms with Crippen LogP contribution in [0, 0.1) is 12.8 Å². The second-order valence-electron chi connectivity index (χ2n) is 7.62. The van der Waals surface area contributed by atoms with Crippen LogP contribution in [0.1, 0.15) is 25.1 Å². The van der Waals surface area contributed by atoms with Crippen molar-refractivity contribution in [2.75, 3.05) is 0 Å². The molecule has 0 radical (unpaired) electrons.